The number of hydrogen-bond donors (Lipinski definition) is 3. The van der Waals surface area contributed by atoms with Crippen LogP contribution in [0.25, 0.3) is 0 Å². The number of para-hydroxylation sites is 1. The number of benzene rings is 1. The molecule has 1 aromatic carbocycles. The summed E-state index contributed by atoms with van der Waals surface area (Å²) >= 11 is 1.48. The summed E-state index contributed by atoms with van der Waals surface area (Å²) in [4.78, 5) is 24.9. The van der Waals surface area contributed by atoms with Crippen LogP contribution in [0.15, 0.2) is 30.3 Å². The van der Waals surface area contributed by atoms with Gasteiger partial charge in [0.15, 0.2) is 0 Å². The molecule has 27 heavy (non-hydrogen) atoms. The number of anilines is 3. The maximum absolute atomic E-state index is 12.2. The lowest BCUT2D eigenvalue weighted by atomic mass is 9.86. The van der Waals surface area contributed by atoms with Crippen LogP contribution in [-0.2, 0) is 10.5 Å². The number of aromatic nitrogens is 3. The van der Waals surface area contributed by atoms with Gasteiger partial charge in [0.1, 0.15) is 5.82 Å². The Labute approximate surface area is 164 Å². The van der Waals surface area contributed by atoms with Gasteiger partial charge in [-0.2, -0.15) is 15.0 Å². The predicted octanol–water partition coefficient (Wildman–Crippen LogP) is 3.13. The first-order chi connectivity index (χ1) is 13.1. The third-order valence-corrected chi connectivity index (χ3v) is 5.58. The molecule has 1 saturated carbocycles. The largest absolute Gasteiger partial charge is 0.368 e. The van der Waals surface area contributed by atoms with Crippen molar-refractivity contribution in [1.29, 1.82) is 0 Å². The molecule has 8 heteroatoms. The van der Waals surface area contributed by atoms with Gasteiger partial charge in [-0.3, -0.25) is 4.79 Å². The third-order valence-electron chi connectivity index (χ3n) is 4.65. The fraction of sp³-hybridized carbons (Fsp3) is 0.474. The SMILES string of the molecule is C[C@H]1CCCC[C@@H]1NC(=O)CSCc1nc(N)nc(Nc2ccccc2)n1. The van der Waals surface area contributed by atoms with E-state index in [4.69, 9.17) is 5.73 Å². The summed E-state index contributed by atoms with van der Waals surface area (Å²) in [6.07, 6.45) is 4.74. The summed E-state index contributed by atoms with van der Waals surface area (Å²) in [5, 5.41) is 6.27. The molecule has 2 aromatic rings. The zero-order chi connectivity index (χ0) is 19.1. The lowest BCUT2D eigenvalue weighted by Crippen LogP contribution is -2.41. The Balaban J connectivity index is 1.49. The number of nitrogens with one attached hydrogen (secondary N) is 2. The lowest BCUT2D eigenvalue weighted by molar-refractivity contribution is -0.119. The van der Waals surface area contributed by atoms with Gasteiger partial charge in [0.2, 0.25) is 17.8 Å². The highest BCUT2D eigenvalue weighted by molar-refractivity contribution is 7.99. The van der Waals surface area contributed by atoms with Gasteiger partial charge in [0.25, 0.3) is 0 Å². The minimum Gasteiger partial charge on any atom is -0.368 e. The smallest absolute Gasteiger partial charge is 0.232 e. The van der Waals surface area contributed by atoms with E-state index < -0.39 is 0 Å². The number of nitrogen functional groups attached to an aromatic ring is 1. The Morgan fingerprint density at radius 3 is 2.74 bits per heavy atom. The predicted molar refractivity (Wildman–Crippen MR) is 110 cm³/mol. The first-order valence-electron chi connectivity index (χ1n) is 9.30. The first kappa shape index (κ1) is 19.4. The van der Waals surface area contributed by atoms with Crippen molar-refractivity contribution in [2.75, 3.05) is 16.8 Å². The second-order valence-electron chi connectivity index (χ2n) is 6.85. The third kappa shape index (κ3) is 6.09. The maximum atomic E-state index is 12.2. The highest BCUT2D eigenvalue weighted by Gasteiger charge is 2.22. The van der Waals surface area contributed by atoms with Crippen molar-refractivity contribution in [1.82, 2.24) is 20.3 Å². The summed E-state index contributed by atoms with van der Waals surface area (Å²) < 4.78 is 0. The standard InChI is InChI=1S/C19H26N6OS/c1-13-7-5-6-10-15(13)22-17(26)12-27-11-16-23-18(20)25-19(24-16)21-14-8-3-2-4-9-14/h2-4,8-9,13,15H,5-7,10-12H2,1H3,(H,22,26)(H3,20,21,23,24,25)/t13-,15-/m0/s1. The molecule has 0 bridgehead atoms. The number of nitrogens with two attached hydrogens (primary N) is 1. The molecule has 7 nitrogen and oxygen atoms in total. The Hall–Kier alpha value is -2.35. The van der Waals surface area contributed by atoms with Crippen molar-refractivity contribution in [2.24, 2.45) is 5.92 Å². The molecule has 0 unspecified atom stereocenters. The van der Waals surface area contributed by atoms with Crippen LogP contribution in [0, 0.1) is 5.92 Å². The van der Waals surface area contributed by atoms with Crippen LogP contribution in [0.2, 0.25) is 0 Å². The van der Waals surface area contributed by atoms with E-state index in [-0.39, 0.29) is 11.9 Å². The summed E-state index contributed by atoms with van der Waals surface area (Å²) in [6.45, 7) is 2.21. The van der Waals surface area contributed by atoms with E-state index in [1.54, 1.807) is 0 Å². The van der Waals surface area contributed by atoms with Crippen molar-refractivity contribution in [3.63, 3.8) is 0 Å². The van der Waals surface area contributed by atoms with Crippen LogP contribution in [0.5, 0.6) is 0 Å². The van der Waals surface area contributed by atoms with Crippen LogP contribution in [-0.4, -0.2) is 32.7 Å². The Bertz CT molecular complexity index is 757. The molecule has 4 N–H and O–H groups in total. The minimum absolute atomic E-state index is 0.0726. The average molecular weight is 387 g/mol. The van der Waals surface area contributed by atoms with E-state index in [0.29, 0.717) is 35.2 Å². The van der Waals surface area contributed by atoms with Crippen molar-refractivity contribution in [2.45, 2.75) is 44.4 Å². The number of carbonyl (C=O) groups excluding carboxylic acids is 1. The molecular weight excluding hydrogens is 360 g/mol. The highest BCUT2D eigenvalue weighted by Crippen LogP contribution is 2.24. The molecule has 1 aromatic heterocycles. The Morgan fingerprint density at radius 2 is 1.96 bits per heavy atom. The normalized spacial score (nSPS) is 19.4. The zero-order valence-electron chi connectivity index (χ0n) is 15.5. The van der Waals surface area contributed by atoms with E-state index in [9.17, 15) is 4.79 Å². The fourth-order valence-corrected chi connectivity index (χ4v) is 3.91. The van der Waals surface area contributed by atoms with Crippen molar-refractivity contribution < 1.29 is 4.79 Å². The van der Waals surface area contributed by atoms with Gasteiger partial charge >= 0.3 is 0 Å². The molecule has 3 rings (SSSR count). The van der Waals surface area contributed by atoms with Gasteiger partial charge in [-0.25, -0.2) is 0 Å². The van der Waals surface area contributed by atoms with E-state index >= 15 is 0 Å². The second kappa shape index (κ2) is 9.55. The first-order valence-corrected chi connectivity index (χ1v) is 10.5. The molecule has 1 heterocycles. The molecule has 0 radical (unpaired) electrons. The molecule has 1 aliphatic carbocycles. The number of hydrogen-bond acceptors (Lipinski definition) is 7. The Morgan fingerprint density at radius 1 is 1.19 bits per heavy atom. The number of nitrogens with zero attached hydrogens (tertiary/aromatic N) is 3. The molecule has 0 saturated heterocycles. The fourth-order valence-electron chi connectivity index (χ4n) is 3.22. The number of amides is 1. The quantitative estimate of drug-likeness (QED) is 0.671. The van der Waals surface area contributed by atoms with E-state index in [1.807, 2.05) is 30.3 Å². The van der Waals surface area contributed by atoms with E-state index in [1.165, 1.54) is 31.0 Å². The van der Waals surface area contributed by atoms with Crippen molar-refractivity contribution >= 4 is 35.3 Å². The van der Waals surface area contributed by atoms with Crippen LogP contribution >= 0.6 is 11.8 Å². The van der Waals surface area contributed by atoms with Crippen LogP contribution in [0.1, 0.15) is 38.4 Å². The molecule has 1 amide bonds. The molecule has 0 aliphatic heterocycles. The van der Waals surface area contributed by atoms with Gasteiger partial charge in [0, 0.05) is 11.7 Å². The minimum atomic E-state index is 0.0726. The molecular formula is C19H26N6OS. The summed E-state index contributed by atoms with van der Waals surface area (Å²) in [6, 6.07) is 9.94. The van der Waals surface area contributed by atoms with Crippen molar-refractivity contribution in [3.05, 3.63) is 36.2 Å². The topological polar surface area (TPSA) is 106 Å². The average Bonchev–Trinajstić information content (AvgIpc) is 2.64. The summed E-state index contributed by atoms with van der Waals surface area (Å²) in [7, 11) is 0. The van der Waals surface area contributed by atoms with Crippen LogP contribution < -0.4 is 16.4 Å². The van der Waals surface area contributed by atoms with Crippen molar-refractivity contribution in [3.8, 4) is 0 Å². The van der Waals surface area contributed by atoms with Gasteiger partial charge < -0.3 is 16.4 Å². The Kier molecular flexibility index (Phi) is 6.86. The highest BCUT2D eigenvalue weighted by atomic mass is 32.2. The summed E-state index contributed by atoms with van der Waals surface area (Å²) in [5.74, 6) is 2.65. The molecule has 144 valence electrons. The lowest BCUT2D eigenvalue weighted by Gasteiger charge is -2.29. The van der Waals surface area contributed by atoms with E-state index in [0.717, 1.165) is 12.1 Å². The van der Waals surface area contributed by atoms with Gasteiger partial charge in [-0.05, 0) is 30.9 Å². The zero-order valence-corrected chi connectivity index (χ0v) is 16.3. The molecule has 1 aliphatic rings. The van der Waals surface area contributed by atoms with Crippen LogP contribution in [0.3, 0.4) is 0 Å². The van der Waals surface area contributed by atoms with Gasteiger partial charge in [0.05, 0.1) is 11.5 Å². The molecule has 2 atom stereocenters. The van der Waals surface area contributed by atoms with Gasteiger partial charge in [-0.1, -0.05) is 38.0 Å². The monoisotopic (exact) mass is 386 g/mol. The second-order valence-corrected chi connectivity index (χ2v) is 7.84. The number of thioether (sulfide) groups is 1. The maximum Gasteiger partial charge on any atom is 0.232 e. The number of carbonyl (C=O) groups is 1. The van der Waals surface area contributed by atoms with E-state index in [2.05, 4.69) is 32.5 Å². The number of rotatable bonds is 7. The summed E-state index contributed by atoms with van der Waals surface area (Å²) in [5.41, 5.74) is 6.67. The molecule has 0 spiro atoms. The van der Waals surface area contributed by atoms with Crippen LogP contribution in [0.4, 0.5) is 17.6 Å². The molecule has 1 fully saturated rings. The van der Waals surface area contributed by atoms with Gasteiger partial charge in [-0.15, -0.1) is 11.8 Å².